The Kier molecular flexibility index (Phi) is 5.76. The number of piperidine rings is 1. The van der Waals surface area contributed by atoms with E-state index in [1.807, 2.05) is 4.90 Å². The molecule has 8 nitrogen and oxygen atoms in total. The maximum Gasteiger partial charge on any atom is 0.253 e. The lowest BCUT2D eigenvalue weighted by atomic mass is 9.95. The Hall–Kier alpha value is -1.78. The molecule has 1 saturated heterocycles. The summed E-state index contributed by atoms with van der Waals surface area (Å²) in [5.74, 6) is 2.50. The van der Waals surface area contributed by atoms with Gasteiger partial charge in [0.2, 0.25) is 5.91 Å². The normalized spacial score (nSPS) is 18.9. The number of amides is 1. The lowest BCUT2D eigenvalue weighted by molar-refractivity contribution is -0.133. The SMILES string of the molecule is CC(C)CC(=O)N1CCC(c2nnc3n2CCN(S(=O)(=O)c2cccs2)C3)CC1. The van der Waals surface area contributed by atoms with Crippen LogP contribution in [0.4, 0.5) is 0 Å². The molecule has 0 N–H and O–H groups in total. The average Bonchev–Trinajstić information content (AvgIpc) is 3.37. The summed E-state index contributed by atoms with van der Waals surface area (Å²) in [6.45, 7) is 6.86. The van der Waals surface area contributed by atoms with Crippen LogP contribution < -0.4 is 0 Å². The van der Waals surface area contributed by atoms with Crippen molar-refractivity contribution in [3.8, 4) is 0 Å². The molecule has 0 aliphatic carbocycles. The molecule has 10 heteroatoms. The largest absolute Gasteiger partial charge is 0.343 e. The van der Waals surface area contributed by atoms with Crippen molar-refractivity contribution >= 4 is 27.3 Å². The Morgan fingerprint density at radius 2 is 1.97 bits per heavy atom. The van der Waals surface area contributed by atoms with E-state index in [4.69, 9.17) is 0 Å². The van der Waals surface area contributed by atoms with Crippen LogP contribution >= 0.6 is 11.3 Å². The molecular weight excluding hydrogens is 410 g/mol. The van der Waals surface area contributed by atoms with Crippen molar-refractivity contribution in [3.05, 3.63) is 29.2 Å². The van der Waals surface area contributed by atoms with Gasteiger partial charge in [0, 0.05) is 38.5 Å². The fourth-order valence-corrected chi connectivity index (χ4v) is 6.60. The Morgan fingerprint density at radius 3 is 2.62 bits per heavy atom. The highest BCUT2D eigenvalue weighted by atomic mass is 32.2. The minimum atomic E-state index is -3.48. The van der Waals surface area contributed by atoms with E-state index in [-0.39, 0.29) is 18.4 Å². The molecule has 1 amide bonds. The Morgan fingerprint density at radius 1 is 1.21 bits per heavy atom. The third-order valence-corrected chi connectivity index (χ3v) is 8.85. The highest BCUT2D eigenvalue weighted by Gasteiger charge is 2.34. The third-order valence-electron chi connectivity index (χ3n) is 5.63. The molecule has 0 spiro atoms. The zero-order valence-corrected chi connectivity index (χ0v) is 18.5. The smallest absolute Gasteiger partial charge is 0.253 e. The van der Waals surface area contributed by atoms with Gasteiger partial charge in [0.15, 0.2) is 0 Å². The van der Waals surface area contributed by atoms with Crippen LogP contribution in [0.3, 0.4) is 0 Å². The highest BCUT2D eigenvalue weighted by Crippen LogP contribution is 2.30. The first-order chi connectivity index (χ1) is 13.9. The van der Waals surface area contributed by atoms with Gasteiger partial charge in [0.05, 0.1) is 6.54 Å². The molecule has 2 aromatic rings. The minimum Gasteiger partial charge on any atom is -0.343 e. The number of sulfonamides is 1. The predicted octanol–water partition coefficient (Wildman–Crippen LogP) is 2.30. The summed E-state index contributed by atoms with van der Waals surface area (Å²) >= 11 is 1.23. The van der Waals surface area contributed by atoms with Gasteiger partial charge in [-0.3, -0.25) is 4.79 Å². The van der Waals surface area contributed by atoms with Gasteiger partial charge in [-0.1, -0.05) is 19.9 Å². The second kappa shape index (κ2) is 8.16. The monoisotopic (exact) mass is 437 g/mol. The van der Waals surface area contributed by atoms with E-state index < -0.39 is 10.0 Å². The van der Waals surface area contributed by atoms with Gasteiger partial charge in [-0.25, -0.2) is 8.42 Å². The average molecular weight is 438 g/mol. The lowest BCUT2D eigenvalue weighted by Crippen LogP contribution is -2.40. The molecule has 4 heterocycles. The number of rotatable bonds is 5. The molecule has 2 aromatic heterocycles. The summed E-state index contributed by atoms with van der Waals surface area (Å²) in [7, 11) is -3.48. The summed E-state index contributed by atoms with van der Waals surface area (Å²) < 4.78 is 29.5. The van der Waals surface area contributed by atoms with E-state index in [1.165, 1.54) is 15.6 Å². The number of aromatic nitrogens is 3. The zero-order chi connectivity index (χ0) is 20.6. The number of hydrogen-bond donors (Lipinski definition) is 0. The molecule has 4 rings (SSSR count). The first-order valence-electron chi connectivity index (χ1n) is 10.1. The van der Waals surface area contributed by atoms with Crippen molar-refractivity contribution < 1.29 is 13.2 Å². The predicted molar refractivity (Wildman–Crippen MR) is 110 cm³/mol. The summed E-state index contributed by atoms with van der Waals surface area (Å²) in [6, 6.07) is 3.39. The number of thiophene rings is 1. The van der Waals surface area contributed by atoms with Gasteiger partial charge in [-0.05, 0) is 30.2 Å². The van der Waals surface area contributed by atoms with Crippen LogP contribution in [0.5, 0.6) is 0 Å². The fraction of sp³-hybridized carbons (Fsp3) is 0.632. The summed E-state index contributed by atoms with van der Waals surface area (Å²) in [5.41, 5.74) is 0. The lowest BCUT2D eigenvalue weighted by Gasteiger charge is -2.33. The number of carbonyl (C=O) groups is 1. The third kappa shape index (κ3) is 4.10. The standard InChI is InChI=1S/C19H27N5O3S2/c1-14(2)12-17(25)22-7-5-15(6-8-22)19-21-20-16-13-23(9-10-24(16)19)29(26,27)18-4-3-11-28-18/h3-4,11,14-15H,5-10,12-13H2,1-2H3. The maximum absolute atomic E-state index is 12.8. The summed E-state index contributed by atoms with van der Waals surface area (Å²) in [6.07, 6.45) is 2.35. The molecule has 2 aliphatic heterocycles. The summed E-state index contributed by atoms with van der Waals surface area (Å²) in [4.78, 5) is 14.3. The molecule has 0 unspecified atom stereocenters. The van der Waals surface area contributed by atoms with E-state index >= 15 is 0 Å². The highest BCUT2D eigenvalue weighted by molar-refractivity contribution is 7.91. The van der Waals surface area contributed by atoms with Crippen LogP contribution in [0.15, 0.2) is 21.7 Å². The molecule has 0 bridgehead atoms. The minimum absolute atomic E-state index is 0.233. The van der Waals surface area contributed by atoms with Crippen molar-refractivity contribution in [1.82, 2.24) is 24.0 Å². The Bertz CT molecular complexity index is 960. The molecule has 1 fully saturated rings. The fourth-order valence-electron chi connectivity index (χ4n) is 4.07. The van der Waals surface area contributed by atoms with Crippen LogP contribution in [-0.2, 0) is 27.9 Å². The van der Waals surface area contributed by atoms with E-state index in [0.717, 1.165) is 31.8 Å². The van der Waals surface area contributed by atoms with E-state index in [1.54, 1.807) is 17.5 Å². The van der Waals surface area contributed by atoms with Crippen molar-refractivity contribution in [2.24, 2.45) is 5.92 Å². The van der Waals surface area contributed by atoms with Gasteiger partial charge >= 0.3 is 0 Å². The van der Waals surface area contributed by atoms with Crippen LogP contribution in [-0.4, -0.2) is 57.9 Å². The van der Waals surface area contributed by atoms with Crippen molar-refractivity contribution in [2.75, 3.05) is 19.6 Å². The van der Waals surface area contributed by atoms with Crippen LogP contribution in [0.1, 0.15) is 50.7 Å². The number of nitrogens with zero attached hydrogens (tertiary/aromatic N) is 5. The quantitative estimate of drug-likeness (QED) is 0.716. The second-order valence-corrected chi connectivity index (χ2v) is 11.3. The van der Waals surface area contributed by atoms with Crippen molar-refractivity contribution in [1.29, 1.82) is 0 Å². The van der Waals surface area contributed by atoms with E-state index in [9.17, 15) is 13.2 Å². The molecule has 0 atom stereocenters. The van der Waals surface area contributed by atoms with Crippen LogP contribution in [0.2, 0.25) is 0 Å². The van der Waals surface area contributed by atoms with Crippen LogP contribution in [0, 0.1) is 5.92 Å². The number of carbonyl (C=O) groups excluding carboxylic acids is 1. The molecule has 158 valence electrons. The van der Waals surface area contributed by atoms with Gasteiger partial charge in [-0.15, -0.1) is 21.5 Å². The maximum atomic E-state index is 12.8. The second-order valence-electron chi connectivity index (χ2n) is 8.15. The molecule has 0 radical (unpaired) electrons. The Balaban J connectivity index is 1.42. The van der Waals surface area contributed by atoms with Crippen molar-refractivity contribution in [3.63, 3.8) is 0 Å². The van der Waals surface area contributed by atoms with Gasteiger partial charge in [0.1, 0.15) is 15.9 Å². The molecule has 29 heavy (non-hydrogen) atoms. The first-order valence-corrected chi connectivity index (χ1v) is 12.4. The number of fused-ring (bicyclic) bond motifs is 1. The number of likely N-dealkylation sites (tertiary alicyclic amines) is 1. The topological polar surface area (TPSA) is 88.4 Å². The molecule has 2 aliphatic rings. The van der Waals surface area contributed by atoms with Gasteiger partial charge in [-0.2, -0.15) is 4.31 Å². The van der Waals surface area contributed by atoms with Gasteiger partial charge in [0.25, 0.3) is 10.0 Å². The molecule has 0 saturated carbocycles. The van der Waals surface area contributed by atoms with E-state index in [2.05, 4.69) is 28.6 Å². The molecule has 0 aromatic carbocycles. The Labute approximate surface area is 175 Å². The van der Waals surface area contributed by atoms with Gasteiger partial charge < -0.3 is 9.47 Å². The van der Waals surface area contributed by atoms with E-state index in [0.29, 0.717) is 35.5 Å². The molecular formula is C19H27N5O3S2. The van der Waals surface area contributed by atoms with Crippen molar-refractivity contribution in [2.45, 2.75) is 56.3 Å². The first kappa shape index (κ1) is 20.5. The summed E-state index contributed by atoms with van der Waals surface area (Å²) in [5, 5.41) is 10.5. The number of hydrogen-bond acceptors (Lipinski definition) is 6. The van der Waals surface area contributed by atoms with Crippen LogP contribution in [0.25, 0.3) is 0 Å². The zero-order valence-electron chi connectivity index (χ0n) is 16.8.